The largest absolute Gasteiger partial charge is 0.496 e. The fraction of sp³-hybridized carbons (Fsp3) is 0.286. The predicted molar refractivity (Wildman–Crippen MR) is 102 cm³/mol. The van der Waals surface area contributed by atoms with E-state index >= 15 is 0 Å². The molecule has 2 rings (SSSR count). The van der Waals surface area contributed by atoms with Crippen molar-refractivity contribution >= 4 is 17.7 Å². The van der Waals surface area contributed by atoms with Gasteiger partial charge in [-0.05, 0) is 30.3 Å². The van der Waals surface area contributed by atoms with Gasteiger partial charge in [0.1, 0.15) is 11.5 Å². The molecular formula is C21H23NO6. The van der Waals surface area contributed by atoms with E-state index in [1.807, 2.05) is 18.2 Å². The van der Waals surface area contributed by atoms with Crippen LogP contribution in [0.3, 0.4) is 0 Å². The summed E-state index contributed by atoms with van der Waals surface area (Å²) in [7, 11) is 1.55. The SMILES string of the molecule is CCC(=O)c1ccc(OCC(=O)OCC(=O)NCc2ccccc2OC)cc1. The zero-order chi connectivity index (χ0) is 20.4. The van der Waals surface area contributed by atoms with Gasteiger partial charge in [0.25, 0.3) is 5.91 Å². The Bertz CT molecular complexity index is 816. The molecule has 0 atom stereocenters. The number of hydrogen-bond donors (Lipinski definition) is 1. The second-order valence-electron chi connectivity index (χ2n) is 5.84. The third-order valence-corrected chi connectivity index (χ3v) is 3.89. The maximum absolute atomic E-state index is 11.8. The van der Waals surface area contributed by atoms with Gasteiger partial charge in [-0.25, -0.2) is 4.79 Å². The number of carbonyl (C=O) groups is 3. The highest BCUT2D eigenvalue weighted by atomic mass is 16.6. The van der Waals surface area contributed by atoms with Crippen molar-refractivity contribution in [3.63, 3.8) is 0 Å². The Kier molecular flexibility index (Phi) is 8.02. The van der Waals surface area contributed by atoms with Crippen LogP contribution >= 0.6 is 0 Å². The quantitative estimate of drug-likeness (QED) is 0.499. The molecule has 0 saturated carbocycles. The van der Waals surface area contributed by atoms with Crippen molar-refractivity contribution in [2.24, 2.45) is 0 Å². The van der Waals surface area contributed by atoms with E-state index in [1.165, 1.54) is 0 Å². The van der Waals surface area contributed by atoms with E-state index in [2.05, 4.69) is 5.32 Å². The maximum Gasteiger partial charge on any atom is 0.344 e. The Hall–Kier alpha value is -3.35. The number of ketones is 1. The van der Waals surface area contributed by atoms with Crippen molar-refractivity contribution in [3.8, 4) is 11.5 Å². The first-order valence-electron chi connectivity index (χ1n) is 8.83. The van der Waals surface area contributed by atoms with Gasteiger partial charge in [-0.1, -0.05) is 25.1 Å². The van der Waals surface area contributed by atoms with Crippen LogP contribution in [0.25, 0.3) is 0 Å². The Labute approximate surface area is 163 Å². The lowest BCUT2D eigenvalue weighted by Crippen LogP contribution is -2.29. The van der Waals surface area contributed by atoms with E-state index < -0.39 is 18.5 Å². The lowest BCUT2D eigenvalue weighted by atomic mass is 10.1. The van der Waals surface area contributed by atoms with Crippen LogP contribution in [0.5, 0.6) is 11.5 Å². The topological polar surface area (TPSA) is 90.9 Å². The van der Waals surface area contributed by atoms with Crippen LogP contribution in [-0.4, -0.2) is 38.0 Å². The molecule has 0 aliphatic heterocycles. The third kappa shape index (κ3) is 6.42. The summed E-state index contributed by atoms with van der Waals surface area (Å²) in [5.74, 6) is 0.0398. The maximum atomic E-state index is 11.8. The summed E-state index contributed by atoms with van der Waals surface area (Å²) < 4.78 is 15.4. The van der Waals surface area contributed by atoms with Crippen molar-refractivity contribution < 1.29 is 28.6 Å². The first-order valence-corrected chi connectivity index (χ1v) is 8.83. The Balaban J connectivity index is 1.70. The van der Waals surface area contributed by atoms with Crippen molar-refractivity contribution in [2.45, 2.75) is 19.9 Å². The molecule has 0 heterocycles. The van der Waals surface area contributed by atoms with Gasteiger partial charge >= 0.3 is 5.97 Å². The molecule has 0 aliphatic carbocycles. The van der Waals surface area contributed by atoms with E-state index in [4.69, 9.17) is 14.2 Å². The molecule has 0 spiro atoms. The summed E-state index contributed by atoms with van der Waals surface area (Å²) in [6, 6.07) is 13.8. The second kappa shape index (κ2) is 10.7. The van der Waals surface area contributed by atoms with E-state index in [-0.39, 0.29) is 18.9 Å². The van der Waals surface area contributed by atoms with Crippen molar-refractivity contribution in [2.75, 3.05) is 20.3 Å². The minimum absolute atomic E-state index is 0.0325. The average Bonchev–Trinajstić information content (AvgIpc) is 2.74. The molecule has 0 radical (unpaired) electrons. The predicted octanol–water partition coefficient (Wildman–Crippen LogP) is 2.53. The molecular weight excluding hydrogens is 362 g/mol. The molecule has 0 aromatic heterocycles. The van der Waals surface area contributed by atoms with E-state index in [0.29, 0.717) is 23.5 Å². The number of rotatable bonds is 10. The second-order valence-corrected chi connectivity index (χ2v) is 5.84. The van der Waals surface area contributed by atoms with Crippen LogP contribution in [0.2, 0.25) is 0 Å². The van der Waals surface area contributed by atoms with E-state index in [0.717, 1.165) is 5.56 Å². The summed E-state index contributed by atoms with van der Waals surface area (Å²) in [5, 5.41) is 2.66. The highest BCUT2D eigenvalue weighted by Gasteiger charge is 2.10. The van der Waals surface area contributed by atoms with Gasteiger partial charge in [-0.2, -0.15) is 0 Å². The van der Waals surface area contributed by atoms with Crippen LogP contribution in [-0.2, 0) is 20.9 Å². The van der Waals surface area contributed by atoms with Crippen molar-refractivity contribution in [1.82, 2.24) is 5.32 Å². The summed E-state index contributed by atoms with van der Waals surface area (Å²) in [6.07, 6.45) is 0.422. The normalized spacial score (nSPS) is 10.1. The lowest BCUT2D eigenvalue weighted by molar-refractivity contribution is -0.150. The Morgan fingerprint density at radius 3 is 2.36 bits per heavy atom. The number of carbonyl (C=O) groups excluding carboxylic acids is 3. The smallest absolute Gasteiger partial charge is 0.344 e. The Morgan fingerprint density at radius 1 is 0.964 bits per heavy atom. The number of Topliss-reactive ketones (excluding diaryl/α,β-unsaturated/α-hetero) is 1. The van der Waals surface area contributed by atoms with Gasteiger partial charge in [-0.3, -0.25) is 9.59 Å². The number of methoxy groups -OCH3 is 1. The zero-order valence-electron chi connectivity index (χ0n) is 15.9. The van der Waals surface area contributed by atoms with Crippen LogP contribution in [0.4, 0.5) is 0 Å². The molecule has 0 aliphatic rings. The van der Waals surface area contributed by atoms with Crippen LogP contribution in [0.1, 0.15) is 29.3 Å². The first-order chi connectivity index (χ1) is 13.5. The van der Waals surface area contributed by atoms with Crippen molar-refractivity contribution in [3.05, 3.63) is 59.7 Å². The number of benzene rings is 2. The highest BCUT2D eigenvalue weighted by molar-refractivity contribution is 5.95. The van der Waals surface area contributed by atoms with Crippen molar-refractivity contribution in [1.29, 1.82) is 0 Å². The number of ether oxygens (including phenoxy) is 3. The minimum atomic E-state index is -0.666. The fourth-order valence-corrected chi connectivity index (χ4v) is 2.36. The minimum Gasteiger partial charge on any atom is -0.496 e. The van der Waals surface area contributed by atoms with Gasteiger partial charge in [0.15, 0.2) is 19.0 Å². The standard InChI is InChI=1S/C21H23NO6/c1-3-18(23)15-8-10-17(11-9-15)27-14-21(25)28-13-20(24)22-12-16-6-4-5-7-19(16)26-2/h4-11H,3,12-14H2,1-2H3,(H,22,24). The highest BCUT2D eigenvalue weighted by Crippen LogP contribution is 2.16. The monoisotopic (exact) mass is 385 g/mol. The zero-order valence-corrected chi connectivity index (χ0v) is 15.9. The molecule has 0 unspecified atom stereocenters. The summed E-state index contributed by atoms with van der Waals surface area (Å²) in [5.41, 5.74) is 1.40. The fourth-order valence-electron chi connectivity index (χ4n) is 2.36. The molecule has 1 amide bonds. The third-order valence-electron chi connectivity index (χ3n) is 3.89. The molecule has 0 bridgehead atoms. The summed E-state index contributed by atoms with van der Waals surface area (Å²) in [6.45, 7) is 1.32. The number of hydrogen-bond acceptors (Lipinski definition) is 6. The molecule has 0 fully saturated rings. The average molecular weight is 385 g/mol. The molecule has 2 aromatic carbocycles. The molecule has 7 heteroatoms. The number of amides is 1. The number of esters is 1. The molecule has 1 N–H and O–H groups in total. The van der Waals surface area contributed by atoms with Gasteiger partial charge in [0, 0.05) is 24.1 Å². The van der Waals surface area contributed by atoms with Gasteiger partial charge < -0.3 is 19.5 Å². The lowest BCUT2D eigenvalue weighted by Gasteiger charge is -2.10. The molecule has 2 aromatic rings. The van der Waals surface area contributed by atoms with E-state index in [9.17, 15) is 14.4 Å². The number of para-hydroxylation sites is 1. The Morgan fingerprint density at radius 2 is 1.68 bits per heavy atom. The summed E-state index contributed by atoms with van der Waals surface area (Å²) in [4.78, 5) is 35.1. The van der Waals surface area contributed by atoms with Crippen LogP contribution in [0, 0.1) is 0 Å². The van der Waals surface area contributed by atoms with Gasteiger partial charge in [0.2, 0.25) is 0 Å². The molecule has 7 nitrogen and oxygen atoms in total. The van der Waals surface area contributed by atoms with Gasteiger partial charge in [-0.15, -0.1) is 0 Å². The van der Waals surface area contributed by atoms with Crippen LogP contribution < -0.4 is 14.8 Å². The molecule has 0 saturated heterocycles. The first kappa shape index (κ1) is 21.0. The van der Waals surface area contributed by atoms with Gasteiger partial charge in [0.05, 0.1) is 7.11 Å². The number of nitrogens with one attached hydrogen (secondary N) is 1. The summed E-state index contributed by atoms with van der Waals surface area (Å²) >= 11 is 0. The van der Waals surface area contributed by atoms with Crippen LogP contribution in [0.15, 0.2) is 48.5 Å². The molecule has 148 valence electrons. The van der Waals surface area contributed by atoms with E-state index in [1.54, 1.807) is 44.4 Å². The molecule has 28 heavy (non-hydrogen) atoms.